The van der Waals surface area contributed by atoms with Crippen molar-refractivity contribution in [3.05, 3.63) is 52.4 Å². The first-order valence-electron chi connectivity index (χ1n) is 7.64. The molecule has 1 aromatic rings. The molecule has 1 fully saturated rings. The maximum Gasteiger partial charge on any atom is 0.266 e. The number of aliphatic carboxylic acids is 1. The molecule has 0 bridgehead atoms. The highest BCUT2D eigenvalue weighted by Crippen LogP contribution is 2.34. The second kappa shape index (κ2) is 9.22. The van der Waals surface area contributed by atoms with Crippen LogP contribution in [0.2, 0.25) is 0 Å². The van der Waals surface area contributed by atoms with Crippen LogP contribution in [0.5, 0.6) is 0 Å². The molecule has 0 aliphatic carbocycles. The van der Waals surface area contributed by atoms with E-state index in [-0.39, 0.29) is 10.2 Å². The van der Waals surface area contributed by atoms with Gasteiger partial charge in [0, 0.05) is 0 Å². The zero-order valence-electron chi connectivity index (χ0n) is 13.9. The van der Waals surface area contributed by atoms with Crippen LogP contribution in [0.25, 0.3) is 6.08 Å². The Morgan fingerprint density at radius 3 is 2.68 bits per heavy atom. The van der Waals surface area contributed by atoms with Crippen LogP contribution >= 0.6 is 35.7 Å². The van der Waals surface area contributed by atoms with Gasteiger partial charge in [-0.2, -0.15) is 11.8 Å². The van der Waals surface area contributed by atoms with E-state index in [2.05, 4.69) is 0 Å². The van der Waals surface area contributed by atoms with E-state index in [0.29, 0.717) is 17.1 Å². The van der Waals surface area contributed by atoms with Crippen molar-refractivity contribution in [3.8, 4) is 0 Å². The Kier molecular flexibility index (Phi) is 7.28. The summed E-state index contributed by atoms with van der Waals surface area (Å²) in [4.78, 5) is 25.7. The first-order chi connectivity index (χ1) is 11.9. The molecule has 0 unspecified atom stereocenters. The standard InChI is InChI=1S/C18H19NO3S3/c1-12(10-13-6-4-3-5-7-13)11-15-16(20)19(18(23)25-15)14(17(21)22)8-9-24-2/h3-7,10-11,14H,8-9H2,1-2H3,(H,21,22)/p-1/b12-10+,15-11+/t14-/m1/s1. The van der Waals surface area contributed by atoms with Crippen molar-refractivity contribution in [3.63, 3.8) is 0 Å². The normalized spacial score (nSPS) is 18.1. The molecule has 7 heteroatoms. The van der Waals surface area contributed by atoms with Gasteiger partial charge in [-0.3, -0.25) is 9.69 Å². The number of rotatable bonds is 7. The average Bonchev–Trinajstić information content (AvgIpc) is 2.83. The molecule has 1 aromatic carbocycles. The number of hydrogen-bond donors (Lipinski definition) is 0. The number of carboxylic acid groups (broad SMARTS) is 1. The predicted octanol–water partition coefficient (Wildman–Crippen LogP) is 2.71. The van der Waals surface area contributed by atoms with Gasteiger partial charge in [0.1, 0.15) is 4.32 Å². The van der Waals surface area contributed by atoms with Crippen molar-refractivity contribution >= 4 is 58.0 Å². The second-order valence-electron chi connectivity index (χ2n) is 5.47. The maximum atomic E-state index is 12.6. The van der Waals surface area contributed by atoms with Crippen molar-refractivity contribution in [1.82, 2.24) is 4.90 Å². The van der Waals surface area contributed by atoms with Crippen molar-refractivity contribution in [2.75, 3.05) is 12.0 Å². The Bertz CT molecular complexity index is 728. The van der Waals surface area contributed by atoms with E-state index in [0.717, 1.165) is 22.9 Å². The van der Waals surface area contributed by atoms with Gasteiger partial charge in [-0.15, -0.1) is 0 Å². The zero-order valence-corrected chi connectivity index (χ0v) is 16.4. The lowest BCUT2D eigenvalue weighted by Crippen LogP contribution is -2.50. The van der Waals surface area contributed by atoms with Crippen molar-refractivity contribution in [2.24, 2.45) is 0 Å². The first kappa shape index (κ1) is 19.8. The van der Waals surface area contributed by atoms with Gasteiger partial charge in [0.2, 0.25) is 0 Å². The highest BCUT2D eigenvalue weighted by Gasteiger charge is 2.37. The Balaban J connectivity index is 2.22. The third kappa shape index (κ3) is 5.20. The average molecular weight is 393 g/mol. The molecule has 0 N–H and O–H groups in total. The summed E-state index contributed by atoms with van der Waals surface area (Å²) in [5.74, 6) is -1.03. The molecular formula is C18H18NO3S3-. The maximum absolute atomic E-state index is 12.6. The van der Waals surface area contributed by atoms with Crippen molar-refractivity contribution < 1.29 is 14.7 Å². The summed E-state index contributed by atoms with van der Waals surface area (Å²) < 4.78 is 0.263. The van der Waals surface area contributed by atoms with Gasteiger partial charge >= 0.3 is 0 Å². The van der Waals surface area contributed by atoms with Crippen LogP contribution < -0.4 is 5.11 Å². The monoisotopic (exact) mass is 392 g/mol. The van der Waals surface area contributed by atoms with E-state index in [4.69, 9.17) is 12.2 Å². The number of hydrogen-bond acceptors (Lipinski definition) is 6. The molecule has 0 aromatic heterocycles. The second-order valence-corrected chi connectivity index (χ2v) is 8.13. The minimum atomic E-state index is -1.27. The number of thioether (sulfide) groups is 2. The van der Waals surface area contributed by atoms with Gasteiger partial charge in [0.25, 0.3) is 5.91 Å². The summed E-state index contributed by atoms with van der Waals surface area (Å²) in [5.41, 5.74) is 1.92. The summed E-state index contributed by atoms with van der Waals surface area (Å²) in [5, 5.41) is 11.4. The largest absolute Gasteiger partial charge is 0.548 e. The third-order valence-corrected chi connectivity index (χ3v) is 5.53. The summed E-state index contributed by atoms with van der Waals surface area (Å²) in [7, 11) is 0. The third-order valence-electron chi connectivity index (χ3n) is 3.56. The van der Waals surface area contributed by atoms with E-state index in [1.54, 1.807) is 6.08 Å². The SMILES string of the molecule is CSCC[C@H](C(=O)[O-])N1C(=O)/C(=C\C(C)=C\c2ccccc2)SC1=S. The lowest BCUT2D eigenvalue weighted by atomic mass is 10.1. The summed E-state index contributed by atoms with van der Waals surface area (Å²) >= 11 is 7.88. The van der Waals surface area contributed by atoms with Gasteiger partial charge in [-0.05, 0) is 42.6 Å². The fourth-order valence-corrected chi connectivity index (χ4v) is 4.26. The summed E-state index contributed by atoms with van der Waals surface area (Å²) in [6.45, 7) is 1.89. The molecule has 0 radical (unpaired) electrons. The molecule has 2 rings (SSSR count). The number of carboxylic acids is 1. The minimum absolute atomic E-state index is 0.263. The van der Waals surface area contributed by atoms with E-state index < -0.39 is 12.0 Å². The molecule has 132 valence electrons. The molecule has 1 aliphatic rings. The smallest absolute Gasteiger partial charge is 0.266 e. The van der Waals surface area contributed by atoms with Crippen LogP contribution in [0.3, 0.4) is 0 Å². The Morgan fingerprint density at radius 1 is 1.40 bits per heavy atom. The minimum Gasteiger partial charge on any atom is -0.548 e. The highest BCUT2D eigenvalue weighted by molar-refractivity contribution is 8.26. The van der Waals surface area contributed by atoms with E-state index >= 15 is 0 Å². The van der Waals surface area contributed by atoms with Gasteiger partial charge in [0.05, 0.1) is 16.9 Å². The van der Waals surface area contributed by atoms with E-state index in [1.165, 1.54) is 16.7 Å². The number of carbonyl (C=O) groups excluding carboxylic acids is 2. The highest BCUT2D eigenvalue weighted by atomic mass is 32.2. The van der Waals surface area contributed by atoms with Crippen molar-refractivity contribution in [1.29, 1.82) is 0 Å². The summed E-state index contributed by atoms with van der Waals surface area (Å²) in [6.07, 6.45) is 5.89. The molecule has 0 saturated carbocycles. The molecule has 4 nitrogen and oxygen atoms in total. The Labute approximate surface area is 161 Å². The summed E-state index contributed by atoms with van der Waals surface area (Å²) in [6, 6.07) is 8.73. The van der Waals surface area contributed by atoms with Gasteiger partial charge in [-0.1, -0.05) is 60.4 Å². The lowest BCUT2D eigenvalue weighted by Gasteiger charge is -2.27. The number of allylic oxidation sites excluding steroid dienone is 2. The molecule has 1 heterocycles. The van der Waals surface area contributed by atoms with Gasteiger partial charge < -0.3 is 9.90 Å². The molecule has 1 amide bonds. The van der Waals surface area contributed by atoms with Crippen LogP contribution in [0.1, 0.15) is 18.9 Å². The molecule has 1 aliphatic heterocycles. The fourth-order valence-electron chi connectivity index (χ4n) is 2.39. The quantitative estimate of drug-likeness (QED) is 0.525. The zero-order chi connectivity index (χ0) is 18.4. The van der Waals surface area contributed by atoms with Crippen LogP contribution in [0.4, 0.5) is 0 Å². The molecular weight excluding hydrogens is 374 g/mol. The molecule has 1 saturated heterocycles. The van der Waals surface area contributed by atoms with Gasteiger partial charge in [0.15, 0.2) is 0 Å². The van der Waals surface area contributed by atoms with Crippen LogP contribution in [-0.4, -0.2) is 39.1 Å². The number of carbonyl (C=O) groups is 2. The molecule has 1 atom stereocenters. The van der Waals surface area contributed by atoms with Crippen LogP contribution in [0, 0.1) is 0 Å². The number of amides is 1. The lowest BCUT2D eigenvalue weighted by molar-refractivity contribution is -0.310. The van der Waals surface area contributed by atoms with Crippen molar-refractivity contribution in [2.45, 2.75) is 19.4 Å². The van der Waals surface area contributed by atoms with E-state index in [1.807, 2.05) is 49.6 Å². The van der Waals surface area contributed by atoms with E-state index in [9.17, 15) is 14.7 Å². The van der Waals surface area contributed by atoms with Crippen LogP contribution in [-0.2, 0) is 9.59 Å². The Hall–Kier alpha value is -1.57. The topological polar surface area (TPSA) is 60.4 Å². The predicted molar refractivity (Wildman–Crippen MR) is 107 cm³/mol. The fraction of sp³-hybridized carbons (Fsp3) is 0.278. The number of nitrogens with zero attached hydrogens (tertiary/aromatic N) is 1. The Morgan fingerprint density at radius 2 is 2.08 bits per heavy atom. The number of thiocarbonyl (C=S) groups is 1. The number of benzene rings is 1. The molecule has 0 spiro atoms. The first-order valence-corrected chi connectivity index (χ1v) is 10.3. The van der Waals surface area contributed by atoms with Gasteiger partial charge in [-0.25, -0.2) is 0 Å². The molecule has 25 heavy (non-hydrogen) atoms. The van der Waals surface area contributed by atoms with Crippen LogP contribution in [0.15, 0.2) is 46.9 Å².